The molecule has 1 aromatic rings. The molecule has 1 aromatic carbocycles. The number of aliphatic imine (C=N–C) groups is 2. The van der Waals surface area contributed by atoms with Crippen LogP contribution in [0.4, 0.5) is 0 Å². The molecule has 1 unspecified atom stereocenters. The summed E-state index contributed by atoms with van der Waals surface area (Å²) in [5.41, 5.74) is 0.808. The van der Waals surface area contributed by atoms with E-state index in [1.54, 1.807) is 0 Å². The van der Waals surface area contributed by atoms with Gasteiger partial charge in [0.25, 0.3) is 0 Å². The molecule has 0 bridgehead atoms. The van der Waals surface area contributed by atoms with Gasteiger partial charge >= 0.3 is 0 Å². The van der Waals surface area contributed by atoms with Gasteiger partial charge in [-0.2, -0.15) is 0 Å². The van der Waals surface area contributed by atoms with Crippen LogP contribution in [-0.4, -0.2) is 31.6 Å². The van der Waals surface area contributed by atoms with Gasteiger partial charge in [0.1, 0.15) is 24.7 Å². The highest BCUT2D eigenvalue weighted by molar-refractivity contribution is 6.05. The van der Waals surface area contributed by atoms with Gasteiger partial charge in [-0.25, -0.2) is 4.99 Å². The van der Waals surface area contributed by atoms with Crippen LogP contribution in [0.3, 0.4) is 0 Å². The van der Waals surface area contributed by atoms with Gasteiger partial charge < -0.3 is 9.47 Å². The molecule has 2 aliphatic heterocycles. The van der Waals surface area contributed by atoms with Crippen LogP contribution >= 0.6 is 0 Å². The van der Waals surface area contributed by atoms with E-state index in [1.165, 1.54) is 5.56 Å². The second-order valence-corrected chi connectivity index (χ2v) is 5.33. The largest absolute Gasteiger partial charge is 0.478 e. The highest BCUT2D eigenvalue weighted by Gasteiger charge is 2.39. The van der Waals surface area contributed by atoms with Crippen molar-refractivity contribution in [1.82, 2.24) is 0 Å². The lowest BCUT2D eigenvalue weighted by Gasteiger charge is -2.22. The van der Waals surface area contributed by atoms with Gasteiger partial charge in [-0.1, -0.05) is 30.3 Å². The summed E-state index contributed by atoms with van der Waals surface area (Å²) in [4.78, 5) is 9.09. The van der Waals surface area contributed by atoms with Gasteiger partial charge in [0.05, 0.1) is 6.54 Å². The van der Waals surface area contributed by atoms with E-state index >= 15 is 0 Å². The molecule has 4 nitrogen and oxygen atoms in total. The zero-order valence-corrected chi connectivity index (χ0v) is 11.3. The molecule has 0 saturated heterocycles. The van der Waals surface area contributed by atoms with Crippen molar-refractivity contribution < 1.29 is 9.47 Å². The van der Waals surface area contributed by atoms with E-state index in [1.807, 2.05) is 32.0 Å². The number of ether oxygens (including phenoxy) is 2. The van der Waals surface area contributed by atoms with E-state index < -0.39 is 0 Å². The predicted molar refractivity (Wildman–Crippen MR) is 74.6 cm³/mol. The molecular formula is C15H18N2O2. The lowest BCUT2D eigenvalue weighted by Crippen LogP contribution is -2.34. The maximum absolute atomic E-state index is 5.79. The molecule has 0 fully saturated rings. The van der Waals surface area contributed by atoms with Crippen LogP contribution in [-0.2, 0) is 9.47 Å². The quantitative estimate of drug-likeness (QED) is 0.836. The Morgan fingerprint density at radius 2 is 1.89 bits per heavy atom. The molecular weight excluding hydrogens is 240 g/mol. The third-order valence-electron chi connectivity index (χ3n) is 3.49. The van der Waals surface area contributed by atoms with Crippen molar-refractivity contribution >= 4 is 11.8 Å². The molecule has 0 radical (unpaired) electrons. The molecule has 2 heterocycles. The van der Waals surface area contributed by atoms with Gasteiger partial charge in [0, 0.05) is 0 Å². The maximum atomic E-state index is 5.79. The van der Waals surface area contributed by atoms with Crippen LogP contribution in [0.2, 0.25) is 0 Å². The molecule has 0 N–H and O–H groups in total. The average Bonchev–Trinajstić information content (AvgIpc) is 3.12. The van der Waals surface area contributed by atoms with Crippen molar-refractivity contribution in [1.29, 1.82) is 0 Å². The number of hydrogen-bond donors (Lipinski definition) is 0. The monoisotopic (exact) mass is 258 g/mol. The second-order valence-electron chi connectivity index (χ2n) is 5.33. The van der Waals surface area contributed by atoms with E-state index in [0.717, 1.165) is 18.3 Å². The minimum Gasteiger partial charge on any atom is -0.478 e. The molecule has 3 rings (SSSR count). The lowest BCUT2D eigenvalue weighted by atomic mass is 9.93. The first kappa shape index (κ1) is 12.2. The summed E-state index contributed by atoms with van der Waals surface area (Å²) in [6.07, 6.45) is 0. The standard InChI is InChI=1S/C15H18N2O2/c1-15(2,13-16-8-9-18-13)14-17-12(10-19-14)11-6-4-3-5-7-11/h3-7,12H,8-10H2,1-2H3. The number of nitrogens with zero attached hydrogens (tertiary/aromatic N) is 2. The molecule has 4 heteroatoms. The molecule has 0 amide bonds. The lowest BCUT2D eigenvalue weighted by molar-refractivity contribution is 0.272. The first-order chi connectivity index (χ1) is 9.18. The fraction of sp³-hybridized carbons (Fsp3) is 0.467. The van der Waals surface area contributed by atoms with Gasteiger partial charge in [-0.15, -0.1) is 0 Å². The fourth-order valence-corrected chi connectivity index (χ4v) is 2.37. The van der Waals surface area contributed by atoms with Crippen molar-refractivity contribution in [2.45, 2.75) is 19.9 Å². The molecule has 0 saturated carbocycles. The van der Waals surface area contributed by atoms with E-state index in [2.05, 4.69) is 17.1 Å². The van der Waals surface area contributed by atoms with Crippen molar-refractivity contribution in [2.24, 2.45) is 15.4 Å². The Bertz CT molecular complexity index is 520. The van der Waals surface area contributed by atoms with Crippen LogP contribution in [0.25, 0.3) is 0 Å². The summed E-state index contributed by atoms with van der Waals surface area (Å²) in [6.45, 7) is 6.07. The Balaban J connectivity index is 1.83. The van der Waals surface area contributed by atoms with Gasteiger partial charge in [0.15, 0.2) is 11.8 Å². The third kappa shape index (κ3) is 2.23. The molecule has 100 valence electrons. The Morgan fingerprint density at radius 1 is 1.11 bits per heavy atom. The van der Waals surface area contributed by atoms with Crippen molar-refractivity contribution in [2.75, 3.05) is 19.8 Å². The van der Waals surface area contributed by atoms with Crippen LogP contribution < -0.4 is 0 Å². The summed E-state index contributed by atoms with van der Waals surface area (Å²) >= 11 is 0. The molecule has 2 aliphatic rings. The highest BCUT2D eigenvalue weighted by atomic mass is 16.5. The zero-order valence-electron chi connectivity index (χ0n) is 11.3. The van der Waals surface area contributed by atoms with Crippen molar-refractivity contribution in [3.05, 3.63) is 35.9 Å². The first-order valence-electron chi connectivity index (χ1n) is 6.61. The summed E-state index contributed by atoms with van der Waals surface area (Å²) in [6, 6.07) is 10.3. The number of rotatable bonds is 3. The molecule has 1 atom stereocenters. The third-order valence-corrected chi connectivity index (χ3v) is 3.49. The molecule has 0 aromatic heterocycles. The normalized spacial score (nSPS) is 22.5. The average molecular weight is 258 g/mol. The van der Waals surface area contributed by atoms with Crippen molar-refractivity contribution in [3.63, 3.8) is 0 Å². The first-order valence-corrected chi connectivity index (χ1v) is 6.61. The summed E-state index contributed by atoms with van der Waals surface area (Å²) in [5, 5.41) is 0. The van der Waals surface area contributed by atoms with Crippen LogP contribution in [0.15, 0.2) is 40.3 Å². The smallest absolute Gasteiger partial charge is 0.199 e. The highest BCUT2D eigenvalue weighted by Crippen LogP contribution is 2.32. The second kappa shape index (κ2) is 4.68. The summed E-state index contributed by atoms with van der Waals surface area (Å²) < 4.78 is 11.3. The maximum Gasteiger partial charge on any atom is 0.199 e. The van der Waals surface area contributed by atoms with Gasteiger partial charge in [-0.3, -0.25) is 4.99 Å². The van der Waals surface area contributed by atoms with Gasteiger partial charge in [-0.05, 0) is 19.4 Å². The van der Waals surface area contributed by atoms with E-state index in [4.69, 9.17) is 14.5 Å². The fourth-order valence-electron chi connectivity index (χ4n) is 2.37. The number of benzene rings is 1. The van der Waals surface area contributed by atoms with Crippen LogP contribution in [0.5, 0.6) is 0 Å². The molecule has 0 spiro atoms. The van der Waals surface area contributed by atoms with E-state index in [-0.39, 0.29) is 11.5 Å². The summed E-state index contributed by atoms with van der Waals surface area (Å²) in [5.74, 6) is 1.46. The Morgan fingerprint density at radius 3 is 2.58 bits per heavy atom. The minimum absolute atomic E-state index is 0.0810. The predicted octanol–water partition coefficient (Wildman–Crippen LogP) is 2.61. The topological polar surface area (TPSA) is 43.2 Å². The Kier molecular flexibility index (Phi) is 3.01. The van der Waals surface area contributed by atoms with Crippen molar-refractivity contribution in [3.8, 4) is 0 Å². The van der Waals surface area contributed by atoms with Crippen LogP contribution in [0, 0.1) is 5.41 Å². The van der Waals surface area contributed by atoms with Gasteiger partial charge in [0.2, 0.25) is 0 Å². The number of hydrogen-bond acceptors (Lipinski definition) is 4. The Hall–Kier alpha value is -1.84. The Labute approximate surface area is 113 Å². The summed E-state index contributed by atoms with van der Waals surface area (Å²) in [7, 11) is 0. The van der Waals surface area contributed by atoms with E-state index in [9.17, 15) is 0 Å². The molecule has 19 heavy (non-hydrogen) atoms. The SMILES string of the molecule is CC(C)(C1=NCCO1)C1=NC(c2ccccc2)CO1. The zero-order chi connectivity index (χ0) is 13.3. The molecule has 0 aliphatic carbocycles. The van der Waals surface area contributed by atoms with Crippen LogP contribution in [0.1, 0.15) is 25.5 Å². The van der Waals surface area contributed by atoms with E-state index in [0.29, 0.717) is 13.2 Å². The minimum atomic E-state index is -0.375.